The summed E-state index contributed by atoms with van der Waals surface area (Å²) >= 11 is 5.27. The summed E-state index contributed by atoms with van der Waals surface area (Å²) in [5.41, 5.74) is 0.979. The predicted octanol–water partition coefficient (Wildman–Crippen LogP) is 2.02. The van der Waals surface area contributed by atoms with E-state index in [4.69, 9.17) is 12.2 Å². The van der Waals surface area contributed by atoms with Gasteiger partial charge >= 0.3 is 0 Å². The summed E-state index contributed by atoms with van der Waals surface area (Å²) in [7, 11) is 1.87. The predicted molar refractivity (Wildman–Crippen MR) is 88.8 cm³/mol. The van der Waals surface area contributed by atoms with Crippen molar-refractivity contribution in [2.45, 2.75) is 26.6 Å². The topological polar surface area (TPSA) is 66.0 Å². The van der Waals surface area contributed by atoms with Crippen LogP contribution in [0.3, 0.4) is 0 Å². The van der Waals surface area contributed by atoms with E-state index in [9.17, 15) is 4.79 Å². The van der Waals surface area contributed by atoms with Gasteiger partial charge in [-0.25, -0.2) is 4.68 Å². The summed E-state index contributed by atoms with van der Waals surface area (Å²) < 4.78 is 2.22. The highest BCUT2D eigenvalue weighted by Gasteiger charge is 2.10. The van der Waals surface area contributed by atoms with Crippen molar-refractivity contribution in [1.82, 2.24) is 25.0 Å². The maximum atomic E-state index is 11.8. The third-order valence-corrected chi connectivity index (χ3v) is 3.28. The van der Waals surface area contributed by atoms with Crippen molar-refractivity contribution in [3.8, 4) is 11.4 Å². The number of likely N-dealkylation sites (N-methyl/N-ethyl adjacent to an activating group) is 1. The molecule has 118 valence electrons. The average molecular weight is 319 g/mol. The summed E-state index contributed by atoms with van der Waals surface area (Å²) in [4.78, 5) is 18.0. The zero-order chi connectivity index (χ0) is 16.1. The zero-order valence-electron chi connectivity index (χ0n) is 13.0. The molecule has 0 saturated carbocycles. The Hall–Kier alpha value is -1.99. The minimum absolute atomic E-state index is 0.00758. The molecule has 0 bridgehead atoms. The van der Waals surface area contributed by atoms with Gasteiger partial charge in [0, 0.05) is 11.6 Å². The molecule has 1 amide bonds. The van der Waals surface area contributed by atoms with E-state index >= 15 is 0 Å². The molecule has 1 heterocycles. The number of hydrogen-bond acceptors (Lipinski definition) is 4. The Balaban J connectivity index is 2.03. The van der Waals surface area contributed by atoms with Crippen LogP contribution in [-0.4, -0.2) is 45.2 Å². The molecule has 7 heteroatoms. The van der Waals surface area contributed by atoms with E-state index in [-0.39, 0.29) is 11.9 Å². The van der Waals surface area contributed by atoms with Gasteiger partial charge in [-0.15, -0.1) is 0 Å². The van der Waals surface area contributed by atoms with E-state index in [1.165, 1.54) is 0 Å². The lowest BCUT2D eigenvalue weighted by molar-refractivity contribution is -0.122. The molecular weight excluding hydrogens is 298 g/mol. The lowest BCUT2D eigenvalue weighted by Gasteiger charge is -2.17. The van der Waals surface area contributed by atoms with Crippen LogP contribution < -0.4 is 5.32 Å². The van der Waals surface area contributed by atoms with E-state index in [1.807, 2.05) is 56.1 Å². The summed E-state index contributed by atoms with van der Waals surface area (Å²) in [6, 6.07) is 9.94. The number of nitrogens with one attached hydrogen (secondary N) is 2. The van der Waals surface area contributed by atoms with Gasteiger partial charge in [0.2, 0.25) is 10.7 Å². The number of aromatic nitrogens is 3. The molecule has 2 N–H and O–H groups in total. The molecule has 0 saturated heterocycles. The fourth-order valence-corrected chi connectivity index (χ4v) is 2.28. The number of nitrogens with zero attached hydrogens (tertiary/aromatic N) is 3. The molecule has 22 heavy (non-hydrogen) atoms. The first-order valence-electron chi connectivity index (χ1n) is 7.16. The summed E-state index contributed by atoms with van der Waals surface area (Å²) in [5, 5.41) is 6.03. The third kappa shape index (κ3) is 4.51. The van der Waals surface area contributed by atoms with Crippen molar-refractivity contribution >= 4 is 18.1 Å². The van der Waals surface area contributed by atoms with E-state index < -0.39 is 0 Å². The first-order valence-corrected chi connectivity index (χ1v) is 7.56. The zero-order valence-corrected chi connectivity index (χ0v) is 13.9. The van der Waals surface area contributed by atoms with E-state index in [0.717, 1.165) is 11.4 Å². The number of carbonyl (C=O) groups is 1. The van der Waals surface area contributed by atoms with Gasteiger partial charge in [0.15, 0.2) is 5.82 Å². The normalized spacial score (nSPS) is 11.1. The van der Waals surface area contributed by atoms with E-state index in [0.29, 0.717) is 18.0 Å². The molecule has 6 nitrogen and oxygen atoms in total. The van der Waals surface area contributed by atoms with Gasteiger partial charge in [0.1, 0.15) is 0 Å². The van der Waals surface area contributed by atoms with Gasteiger partial charge in [0.25, 0.3) is 0 Å². The van der Waals surface area contributed by atoms with Crippen LogP contribution in [-0.2, 0) is 11.5 Å². The molecule has 0 fully saturated rings. The number of hydrogen-bond donors (Lipinski definition) is 2. The molecule has 0 atom stereocenters. The molecule has 2 aromatic rings. The van der Waals surface area contributed by atoms with E-state index in [1.54, 1.807) is 4.68 Å². The molecule has 0 unspecified atom stereocenters. The first kappa shape index (κ1) is 16.4. The Morgan fingerprint density at radius 1 is 1.41 bits per heavy atom. The molecule has 0 aliphatic carbocycles. The molecule has 1 aromatic carbocycles. The number of rotatable bonds is 6. The van der Waals surface area contributed by atoms with Crippen LogP contribution in [0, 0.1) is 4.77 Å². The van der Waals surface area contributed by atoms with E-state index in [2.05, 4.69) is 15.4 Å². The Bertz CT molecular complexity index is 677. The van der Waals surface area contributed by atoms with Crippen molar-refractivity contribution < 1.29 is 4.79 Å². The monoisotopic (exact) mass is 319 g/mol. The van der Waals surface area contributed by atoms with Gasteiger partial charge < -0.3 is 5.32 Å². The summed E-state index contributed by atoms with van der Waals surface area (Å²) in [5.74, 6) is 0.720. The Kier molecular flexibility index (Phi) is 5.46. The highest BCUT2D eigenvalue weighted by atomic mass is 32.1. The van der Waals surface area contributed by atoms with Crippen molar-refractivity contribution in [3.63, 3.8) is 0 Å². The smallest absolute Gasteiger partial charge is 0.234 e. The Morgan fingerprint density at radius 2 is 2.09 bits per heavy atom. The van der Waals surface area contributed by atoms with Crippen LogP contribution in [0.25, 0.3) is 11.4 Å². The minimum atomic E-state index is -0.00758. The van der Waals surface area contributed by atoms with Gasteiger partial charge in [-0.3, -0.25) is 14.8 Å². The van der Waals surface area contributed by atoms with Crippen molar-refractivity contribution in [3.05, 3.63) is 35.1 Å². The number of H-pyrrole nitrogens is 1. The number of carbonyl (C=O) groups excluding carboxylic acids is 1. The maximum absolute atomic E-state index is 11.8. The summed E-state index contributed by atoms with van der Waals surface area (Å²) in [6.45, 7) is 4.66. The average Bonchev–Trinajstić information content (AvgIpc) is 2.80. The van der Waals surface area contributed by atoms with Gasteiger partial charge in [-0.2, -0.15) is 4.98 Å². The fourth-order valence-electron chi connectivity index (χ4n) is 2.08. The lowest BCUT2D eigenvalue weighted by atomic mass is 10.2. The Morgan fingerprint density at radius 3 is 2.73 bits per heavy atom. The van der Waals surface area contributed by atoms with Crippen LogP contribution in [0.4, 0.5) is 0 Å². The molecule has 0 aliphatic rings. The second-order valence-electron chi connectivity index (χ2n) is 5.53. The Labute approximate surface area is 135 Å². The minimum Gasteiger partial charge on any atom is -0.353 e. The van der Waals surface area contributed by atoms with Crippen LogP contribution in [0.2, 0.25) is 0 Å². The highest BCUT2D eigenvalue weighted by Crippen LogP contribution is 2.13. The van der Waals surface area contributed by atoms with Crippen LogP contribution >= 0.6 is 12.2 Å². The standard InChI is InChI=1S/C15H21N5OS/c1-11(2)16-13(21)9-19(3)10-20-15(22)17-14(18-20)12-7-5-4-6-8-12/h4-8,11H,9-10H2,1-3H3,(H,16,21)(H,17,18,22). The number of amides is 1. The SMILES string of the molecule is CC(C)NC(=O)CN(C)Cn1[nH]c(-c2ccccc2)nc1=S. The van der Waals surface area contributed by atoms with Gasteiger partial charge in [-0.1, -0.05) is 30.3 Å². The van der Waals surface area contributed by atoms with Crippen LogP contribution in [0.15, 0.2) is 30.3 Å². The molecule has 0 radical (unpaired) electrons. The lowest BCUT2D eigenvalue weighted by Crippen LogP contribution is -2.39. The molecule has 2 rings (SSSR count). The fraction of sp³-hybridized carbons (Fsp3) is 0.400. The largest absolute Gasteiger partial charge is 0.353 e. The van der Waals surface area contributed by atoms with Crippen LogP contribution in [0.1, 0.15) is 13.8 Å². The first-order chi connectivity index (χ1) is 10.5. The maximum Gasteiger partial charge on any atom is 0.234 e. The molecule has 0 aliphatic heterocycles. The number of benzene rings is 1. The summed E-state index contributed by atoms with van der Waals surface area (Å²) in [6.07, 6.45) is 0. The van der Waals surface area contributed by atoms with Crippen LogP contribution in [0.5, 0.6) is 0 Å². The van der Waals surface area contributed by atoms with Crippen molar-refractivity contribution in [2.24, 2.45) is 0 Å². The van der Waals surface area contributed by atoms with Crippen molar-refractivity contribution in [1.29, 1.82) is 0 Å². The third-order valence-electron chi connectivity index (χ3n) is 2.97. The molecule has 0 spiro atoms. The second-order valence-corrected chi connectivity index (χ2v) is 5.89. The highest BCUT2D eigenvalue weighted by molar-refractivity contribution is 7.71. The molecular formula is C15H21N5OS. The molecule has 1 aromatic heterocycles. The van der Waals surface area contributed by atoms with Crippen molar-refractivity contribution in [2.75, 3.05) is 13.6 Å². The second kappa shape index (κ2) is 7.33. The van der Waals surface area contributed by atoms with Gasteiger partial charge in [0.05, 0.1) is 13.2 Å². The van der Waals surface area contributed by atoms with Gasteiger partial charge in [-0.05, 0) is 33.1 Å². The number of aromatic amines is 1. The quantitative estimate of drug-likeness (QED) is 0.800.